The van der Waals surface area contributed by atoms with Gasteiger partial charge in [0, 0.05) is 34.1 Å². The Balaban J connectivity index is 1.88. The molecule has 0 aromatic heterocycles. The Morgan fingerprint density at radius 2 is 1.48 bits per heavy atom. The summed E-state index contributed by atoms with van der Waals surface area (Å²) < 4.78 is 34.8. The van der Waals surface area contributed by atoms with E-state index in [1.807, 2.05) is 58.0 Å². The second-order valence-electron chi connectivity index (χ2n) is 12.3. The summed E-state index contributed by atoms with van der Waals surface area (Å²) in [6.45, 7) is 6.51. The highest BCUT2D eigenvalue weighted by molar-refractivity contribution is 7.92. The third-order valence-electron chi connectivity index (χ3n) is 7.47. The molecule has 4 aromatic carbocycles. The van der Waals surface area contributed by atoms with Crippen molar-refractivity contribution in [3.63, 3.8) is 0 Å². The van der Waals surface area contributed by atoms with E-state index in [1.54, 1.807) is 30.3 Å². The van der Waals surface area contributed by atoms with E-state index in [0.29, 0.717) is 21.4 Å². The van der Waals surface area contributed by atoms with Crippen molar-refractivity contribution >= 4 is 62.3 Å². The lowest BCUT2D eigenvalue weighted by atomic mass is 10.0. The van der Waals surface area contributed by atoms with Gasteiger partial charge in [0.1, 0.15) is 18.3 Å². The number of carbonyl (C=O) groups excluding carboxylic acids is 2. The predicted molar refractivity (Wildman–Crippen MR) is 193 cm³/mol. The fraction of sp³-hybridized carbons (Fsp3) is 0.278. The molecule has 0 aliphatic carbocycles. The number of halogens is 3. The van der Waals surface area contributed by atoms with Gasteiger partial charge >= 0.3 is 0 Å². The van der Waals surface area contributed by atoms with E-state index in [1.165, 1.54) is 42.3 Å². The van der Waals surface area contributed by atoms with Crippen LogP contribution in [0.5, 0.6) is 5.75 Å². The van der Waals surface area contributed by atoms with E-state index in [-0.39, 0.29) is 28.6 Å². The van der Waals surface area contributed by atoms with Crippen molar-refractivity contribution in [3.8, 4) is 5.75 Å². The normalized spacial score (nSPS) is 12.2. The number of nitrogens with zero attached hydrogens (tertiary/aromatic N) is 2. The molecule has 0 radical (unpaired) electrons. The Morgan fingerprint density at radius 1 is 0.854 bits per heavy atom. The summed E-state index contributed by atoms with van der Waals surface area (Å²) in [5, 5.41) is 3.73. The number of aryl methyl sites for hydroxylation is 1. The van der Waals surface area contributed by atoms with Crippen LogP contribution in [0.1, 0.15) is 37.5 Å². The summed E-state index contributed by atoms with van der Waals surface area (Å²) in [7, 11) is -2.88. The first-order valence-corrected chi connectivity index (χ1v) is 17.7. The van der Waals surface area contributed by atoms with Crippen molar-refractivity contribution < 1.29 is 22.7 Å². The number of ether oxygens (including phenoxy) is 1. The van der Waals surface area contributed by atoms with Gasteiger partial charge in [0.2, 0.25) is 11.8 Å². The number of anilines is 1. The molecule has 0 saturated heterocycles. The zero-order valence-electron chi connectivity index (χ0n) is 27.3. The highest BCUT2D eigenvalue weighted by Gasteiger charge is 2.36. The van der Waals surface area contributed by atoms with Crippen LogP contribution in [-0.2, 0) is 32.6 Å². The lowest BCUT2D eigenvalue weighted by Crippen LogP contribution is -2.56. The topological polar surface area (TPSA) is 96.0 Å². The van der Waals surface area contributed by atoms with Crippen LogP contribution in [0.25, 0.3) is 0 Å². The van der Waals surface area contributed by atoms with Crippen molar-refractivity contribution in [2.24, 2.45) is 0 Å². The SMILES string of the molecule is COc1ccc(N(CC(=O)N(Cc2c(Cl)cccc2Cl)[C@H](Cc2ccccc2)C(=O)NC(C)(C)C)S(=O)(=O)c2ccc(C)cc2)cc1Cl. The third-order valence-corrected chi connectivity index (χ3v) is 10.3. The highest BCUT2D eigenvalue weighted by Crippen LogP contribution is 2.33. The Labute approximate surface area is 297 Å². The molecule has 0 saturated carbocycles. The Bertz CT molecular complexity index is 1840. The van der Waals surface area contributed by atoms with Gasteiger partial charge in [-0.2, -0.15) is 0 Å². The zero-order valence-corrected chi connectivity index (χ0v) is 30.4. The van der Waals surface area contributed by atoms with Crippen LogP contribution in [0, 0.1) is 6.92 Å². The van der Waals surface area contributed by atoms with Crippen LogP contribution in [0.2, 0.25) is 15.1 Å². The van der Waals surface area contributed by atoms with Gasteiger partial charge in [0.25, 0.3) is 10.0 Å². The van der Waals surface area contributed by atoms with Gasteiger partial charge in [0.05, 0.1) is 22.7 Å². The average molecular weight is 731 g/mol. The minimum atomic E-state index is -4.32. The number of hydrogen-bond acceptors (Lipinski definition) is 5. The minimum Gasteiger partial charge on any atom is -0.495 e. The molecule has 2 amide bonds. The van der Waals surface area contributed by atoms with Gasteiger partial charge in [-0.15, -0.1) is 0 Å². The van der Waals surface area contributed by atoms with E-state index >= 15 is 0 Å². The lowest BCUT2D eigenvalue weighted by Gasteiger charge is -2.35. The van der Waals surface area contributed by atoms with Crippen LogP contribution >= 0.6 is 34.8 Å². The molecule has 0 bridgehead atoms. The second-order valence-corrected chi connectivity index (χ2v) is 15.4. The number of sulfonamides is 1. The summed E-state index contributed by atoms with van der Waals surface area (Å²) in [5.41, 5.74) is 1.56. The van der Waals surface area contributed by atoms with Crippen molar-refractivity contribution in [1.29, 1.82) is 0 Å². The maximum Gasteiger partial charge on any atom is 0.264 e. The summed E-state index contributed by atoms with van der Waals surface area (Å²) >= 11 is 19.6. The number of methoxy groups -OCH3 is 1. The number of hydrogen-bond donors (Lipinski definition) is 1. The Morgan fingerprint density at radius 3 is 2.04 bits per heavy atom. The molecule has 4 rings (SSSR count). The monoisotopic (exact) mass is 729 g/mol. The molecule has 0 unspecified atom stereocenters. The fourth-order valence-corrected chi connectivity index (χ4v) is 7.21. The van der Waals surface area contributed by atoms with Gasteiger partial charge in [-0.1, -0.05) is 88.9 Å². The van der Waals surface area contributed by atoms with E-state index in [0.717, 1.165) is 15.4 Å². The molecular weight excluding hydrogens is 693 g/mol. The number of amides is 2. The first-order chi connectivity index (χ1) is 22.6. The second kappa shape index (κ2) is 15.6. The van der Waals surface area contributed by atoms with E-state index in [9.17, 15) is 18.0 Å². The van der Waals surface area contributed by atoms with Gasteiger partial charge in [-0.3, -0.25) is 13.9 Å². The Hall–Kier alpha value is -3.76. The van der Waals surface area contributed by atoms with Crippen LogP contribution in [0.3, 0.4) is 0 Å². The standard InChI is InChI=1S/C36H38Cl3N3O5S/c1-24-14-17-27(18-15-24)48(45,46)42(26-16-19-33(47-5)31(39)21-26)23-34(43)41(22-28-29(37)12-9-13-30(28)38)32(35(44)40-36(2,3)4)20-25-10-7-6-8-11-25/h6-19,21,32H,20,22-23H2,1-5H3,(H,40,44)/t32-/m1/s1. The number of benzene rings is 4. The predicted octanol–water partition coefficient (Wildman–Crippen LogP) is 7.71. The molecule has 0 aliphatic heterocycles. The fourth-order valence-electron chi connectivity index (χ4n) is 5.04. The molecule has 1 atom stereocenters. The number of carbonyl (C=O) groups is 2. The number of rotatable bonds is 12. The third kappa shape index (κ3) is 9.23. The molecule has 4 aromatic rings. The van der Waals surface area contributed by atoms with Crippen LogP contribution < -0.4 is 14.4 Å². The van der Waals surface area contributed by atoms with E-state index in [4.69, 9.17) is 39.5 Å². The van der Waals surface area contributed by atoms with E-state index in [2.05, 4.69) is 5.32 Å². The average Bonchev–Trinajstić information content (AvgIpc) is 3.02. The maximum atomic E-state index is 14.7. The first kappa shape index (κ1) is 37.1. The molecule has 0 fully saturated rings. The molecule has 254 valence electrons. The Kier molecular flexibility index (Phi) is 12.1. The molecule has 1 N–H and O–H groups in total. The van der Waals surface area contributed by atoms with Crippen LogP contribution in [0.4, 0.5) is 5.69 Å². The van der Waals surface area contributed by atoms with Crippen LogP contribution in [0.15, 0.2) is 95.9 Å². The van der Waals surface area contributed by atoms with Gasteiger partial charge in [-0.25, -0.2) is 8.42 Å². The van der Waals surface area contributed by atoms with Crippen molar-refractivity contribution in [2.75, 3.05) is 18.0 Å². The summed E-state index contributed by atoms with van der Waals surface area (Å²) in [6.07, 6.45) is 0.135. The maximum absolute atomic E-state index is 14.7. The molecule has 48 heavy (non-hydrogen) atoms. The molecule has 12 heteroatoms. The molecular formula is C36H38Cl3N3O5S. The highest BCUT2D eigenvalue weighted by atomic mass is 35.5. The quantitative estimate of drug-likeness (QED) is 0.161. The zero-order chi connectivity index (χ0) is 35.2. The molecule has 0 spiro atoms. The molecule has 0 aliphatic rings. The summed E-state index contributed by atoms with van der Waals surface area (Å²) in [5.74, 6) is -0.766. The van der Waals surface area contributed by atoms with Crippen molar-refractivity contribution in [1.82, 2.24) is 10.2 Å². The summed E-state index contributed by atoms with van der Waals surface area (Å²) in [4.78, 5) is 30.1. The van der Waals surface area contributed by atoms with Crippen molar-refractivity contribution in [3.05, 3.63) is 123 Å². The molecule has 8 nitrogen and oxygen atoms in total. The van der Waals surface area contributed by atoms with Crippen molar-refractivity contribution in [2.45, 2.75) is 57.1 Å². The summed E-state index contributed by atoms with van der Waals surface area (Å²) in [6, 6.07) is 23.9. The molecule has 0 heterocycles. The van der Waals surface area contributed by atoms with E-state index < -0.39 is 40.0 Å². The first-order valence-electron chi connectivity index (χ1n) is 15.1. The lowest BCUT2D eigenvalue weighted by molar-refractivity contribution is -0.140. The number of nitrogens with one attached hydrogen (secondary N) is 1. The minimum absolute atomic E-state index is 0.0279. The van der Waals surface area contributed by atoms with Crippen LogP contribution in [-0.4, -0.2) is 50.4 Å². The van der Waals surface area contributed by atoms with Gasteiger partial charge in [0.15, 0.2) is 0 Å². The van der Waals surface area contributed by atoms with Gasteiger partial charge < -0.3 is 15.0 Å². The largest absolute Gasteiger partial charge is 0.495 e. The van der Waals surface area contributed by atoms with Gasteiger partial charge in [-0.05, 0) is 75.7 Å². The smallest absolute Gasteiger partial charge is 0.264 e.